The lowest BCUT2D eigenvalue weighted by Gasteiger charge is -2.32. The first-order valence-electron chi connectivity index (χ1n) is 8.07. The molecule has 22 heavy (non-hydrogen) atoms. The number of piperidine rings is 1. The molecule has 1 atom stereocenters. The van der Waals surface area contributed by atoms with Crippen molar-refractivity contribution in [2.45, 2.75) is 25.3 Å². The van der Waals surface area contributed by atoms with Crippen molar-refractivity contribution in [2.24, 2.45) is 0 Å². The molecule has 1 aromatic rings. The molecule has 4 heteroatoms. The predicted molar refractivity (Wildman–Crippen MR) is 91.8 cm³/mol. The lowest BCUT2D eigenvalue weighted by Crippen LogP contribution is -2.47. The van der Waals surface area contributed by atoms with E-state index in [4.69, 9.17) is 0 Å². The van der Waals surface area contributed by atoms with Crippen molar-refractivity contribution in [1.82, 2.24) is 15.1 Å². The summed E-state index contributed by atoms with van der Waals surface area (Å²) in [5.41, 5.74) is 1.15. The number of rotatable bonds is 5. The number of urea groups is 1. The van der Waals surface area contributed by atoms with Crippen LogP contribution in [0.15, 0.2) is 36.4 Å². The summed E-state index contributed by atoms with van der Waals surface area (Å²) in [6.07, 6.45) is 7.76. The topological polar surface area (TPSA) is 35.6 Å². The van der Waals surface area contributed by atoms with E-state index in [1.165, 1.54) is 19.3 Å². The van der Waals surface area contributed by atoms with Gasteiger partial charge in [-0.15, -0.1) is 0 Å². The van der Waals surface area contributed by atoms with Crippen LogP contribution in [0.1, 0.15) is 24.8 Å². The summed E-state index contributed by atoms with van der Waals surface area (Å²) in [5, 5.41) is 3.04. The van der Waals surface area contributed by atoms with Crippen LogP contribution >= 0.6 is 0 Å². The van der Waals surface area contributed by atoms with E-state index in [1.807, 2.05) is 37.4 Å². The number of likely N-dealkylation sites (N-methyl/N-ethyl adjacent to an activating group) is 2. The van der Waals surface area contributed by atoms with Crippen LogP contribution in [0.4, 0.5) is 4.79 Å². The Bertz CT molecular complexity index is 486. The number of nitrogens with one attached hydrogen (secondary N) is 1. The van der Waals surface area contributed by atoms with Crippen molar-refractivity contribution in [2.75, 3.05) is 33.7 Å². The molecule has 1 aromatic carbocycles. The molecule has 1 aliphatic rings. The van der Waals surface area contributed by atoms with Gasteiger partial charge in [-0.3, -0.25) is 0 Å². The van der Waals surface area contributed by atoms with E-state index in [-0.39, 0.29) is 6.03 Å². The van der Waals surface area contributed by atoms with Crippen LogP contribution in [0, 0.1) is 0 Å². The molecule has 1 heterocycles. The molecule has 0 radical (unpaired) electrons. The van der Waals surface area contributed by atoms with Crippen LogP contribution in [0.3, 0.4) is 0 Å². The van der Waals surface area contributed by atoms with E-state index in [9.17, 15) is 4.79 Å². The summed E-state index contributed by atoms with van der Waals surface area (Å²) in [6, 6.07) is 10.6. The van der Waals surface area contributed by atoms with E-state index in [2.05, 4.69) is 29.4 Å². The number of carbonyl (C=O) groups is 1. The Morgan fingerprint density at radius 2 is 2.14 bits per heavy atom. The van der Waals surface area contributed by atoms with Gasteiger partial charge in [0.25, 0.3) is 0 Å². The number of hydrogen-bond acceptors (Lipinski definition) is 2. The average molecular weight is 301 g/mol. The van der Waals surface area contributed by atoms with Crippen LogP contribution in [0.25, 0.3) is 6.08 Å². The Labute approximate surface area is 133 Å². The maximum Gasteiger partial charge on any atom is 0.317 e. The largest absolute Gasteiger partial charge is 0.336 e. The molecule has 1 aliphatic heterocycles. The maximum atomic E-state index is 12.1. The second kappa shape index (κ2) is 8.59. The first-order chi connectivity index (χ1) is 10.7. The summed E-state index contributed by atoms with van der Waals surface area (Å²) in [5.74, 6) is 0. The highest BCUT2D eigenvalue weighted by atomic mass is 16.2. The lowest BCUT2D eigenvalue weighted by molar-refractivity contribution is 0.174. The van der Waals surface area contributed by atoms with Gasteiger partial charge < -0.3 is 15.1 Å². The molecule has 0 bridgehead atoms. The Hall–Kier alpha value is -1.81. The van der Waals surface area contributed by atoms with Gasteiger partial charge in [0.15, 0.2) is 0 Å². The van der Waals surface area contributed by atoms with Crippen LogP contribution in [-0.2, 0) is 0 Å². The highest BCUT2D eigenvalue weighted by Crippen LogP contribution is 2.13. The van der Waals surface area contributed by atoms with Crippen LogP contribution in [-0.4, -0.2) is 55.6 Å². The number of benzene rings is 1. The van der Waals surface area contributed by atoms with Gasteiger partial charge in [0.2, 0.25) is 0 Å². The average Bonchev–Trinajstić information content (AvgIpc) is 2.54. The molecule has 1 N–H and O–H groups in total. The molecule has 0 saturated carbocycles. The van der Waals surface area contributed by atoms with Gasteiger partial charge in [0.05, 0.1) is 0 Å². The molecule has 2 amide bonds. The van der Waals surface area contributed by atoms with Gasteiger partial charge in [-0.05, 0) is 32.0 Å². The van der Waals surface area contributed by atoms with Gasteiger partial charge in [0, 0.05) is 26.2 Å². The van der Waals surface area contributed by atoms with Crippen LogP contribution < -0.4 is 5.32 Å². The van der Waals surface area contributed by atoms with E-state index < -0.39 is 0 Å². The summed E-state index contributed by atoms with van der Waals surface area (Å²) in [6.45, 7) is 2.49. The first-order valence-corrected chi connectivity index (χ1v) is 8.07. The van der Waals surface area contributed by atoms with Crippen LogP contribution in [0.2, 0.25) is 0 Å². The highest BCUT2D eigenvalue weighted by Gasteiger charge is 2.19. The second-order valence-corrected chi connectivity index (χ2v) is 6.01. The Morgan fingerprint density at radius 3 is 2.86 bits per heavy atom. The first kappa shape index (κ1) is 16.6. The van der Waals surface area contributed by atoms with Gasteiger partial charge in [-0.25, -0.2) is 4.79 Å². The molecule has 0 aliphatic carbocycles. The molecule has 1 fully saturated rings. The summed E-state index contributed by atoms with van der Waals surface area (Å²) in [4.78, 5) is 16.2. The Kier molecular flexibility index (Phi) is 6.46. The molecule has 0 spiro atoms. The third-order valence-corrected chi connectivity index (χ3v) is 4.25. The summed E-state index contributed by atoms with van der Waals surface area (Å²) < 4.78 is 0. The predicted octanol–water partition coefficient (Wildman–Crippen LogP) is 2.83. The van der Waals surface area contributed by atoms with Crippen molar-refractivity contribution in [3.8, 4) is 0 Å². The molecule has 4 nitrogen and oxygen atoms in total. The minimum atomic E-state index is -0.00307. The maximum absolute atomic E-state index is 12.1. The zero-order valence-electron chi connectivity index (χ0n) is 13.7. The van der Waals surface area contributed by atoms with Crippen molar-refractivity contribution in [3.05, 3.63) is 42.0 Å². The monoisotopic (exact) mass is 301 g/mol. The number of likely N-dealkylation sites (tertiary alicyclic amines) is 1. The van der Waals surface area contributed by atoms with E-state index in [0.29, 0.717) is 12.6 Å². The minimum Gasteiger partial charge on any atom is -0.336 e. The number of carbonyl (C=O) groups excluding carboxylic acids is 1. The van der Waals surface area contributed by atoms with Gasteiger partial charge in [-0.1, -0.05) is 48.9 Å². The molecular weight excluding hydrogens is 274 g/mol. The molecule has 0 aromatic heterocycles. The molecule has 1 unspecified atom stereocenters. The Morgan fingerprint density at radius 1 is 1.36 bits per heavy atom. The van der Waals surface area contributed by atoms with E-state index in [0.717, 1.165) is 18.7 Å². The van der Waals surface area contributed by atoms with Crippen LogP contribution in [0.5, 0.6) is 0 Å². The smallest absolute Gasteiger partial charge is 0.317 e. The third-order valence-electron chi connectivity index (χ3n) is 4.25. The standard InChI is InChI=1S/C18H27N3O/c1-20-13-7-6-12-17(20)15-19-18(22)21(2)14-8-11-16-9-4-3-5-10-16/h3-5,8-11,17H,6-7,12-15H2,1-2H3,(H,19,22). The zero-order valence-corrected chi connectivity index (χ0v) is 13.7. The zero-order chi connectivity index (χ0) is 15.8. The minimum absolute atomic E-state index is 0.00307. The van der Waals surface area contributed by atoms with Gasteiger partial charge in [0.1, 0.15) is 0 Å². The van der Waals surface area contributed by atoms with Crippen molar-refractivity contribution in [1.29, 1.82) is 0 Å². The fourth-order valence-electron chi connectivity index (χ4n) is 2.74. The van der Waals surface area contributed by atoms with E-state index >= 15 is 0 Å². The second-order valence-electron chi connectivity index (χ2n) is 6.01. The lowest BCUT2D eigenvalue weighted by atomic mass is 10.0. The van der Waals surface area contributed by atoms with Crippen molar-refractivity contribution in [3.63, 3.8) is 0 Å². The van der Waals surface area contributed by atoms with Gasteiger partial charge >= 0.3 is 6.03 Å². The quantitative estimate of drug-likeness (QED) is 0.908. The normalized spacial score (nSPS) is 19.3. The SMILES string of the molecule is CN(CC=Cc1ccccc1)C(=O)NCC1CCCCN1C. The van der Waals surface area contributed by atoms with Gasteiger partial charge in [-0.2, -0.15) is 0 Å². The van der Waals surface area contributed by atoms with E-state index in [1.54, 1.807) is 4.90 Å². The molecular formula is C18H27N3O. The van der Waals surface area contributed by atoms with Crippen molar-refractivity contribution >= 4 is 12.1 Å². The number of hydrogen-bond donors (Lipinski definition) is 1. The molecule has 120 valence electrons. The Balaban J connectivity index is 1.71. The number of amides is 2. The highest BCUT2D eigenvalue weighted by molar-refractivity contribution is 5.74. The molecule has 2 rings (SSSR count). The fourth-order valence-corrected chi connectivity index (χ4v) is 2.74. The number of nitrogens with zero attached hydrogens (tertiary/aromatic N) is 2. The summed E-state index contributed by atoms with van der Waals surface area (Å²) in [7, 11) is 3.97. The van der Waals surface area contributed by atoms with Crippen molar-refractivity contribution < 1.29 is 4.79 Å². The third kappa shape index (κ3) is 5.19. The summed E-state index contributed by atoms with van der Waals surface area (Å²) >= 11 is 0. The fraction of sp³-hybridized carbons (Fsp3) is 0.500. The molecule has 1 saturated heterocycles.